The van der Waals surface area contributed by atoms with Crippen LogP contribution in [0.3, 0.4) is 0 Å². The summed E-state index contributed by atoms with van der Waals surface area (Å²) in [6, 6.07) is 7.17. The van der Waals surface area contributed by atoms with Gasteiger partial charge in [-0.25, -0.2) is 13.1 Å². The number of amides is 1. The minimum Gasteiger partial charge on any atom is -0.350 e. The topological polar surface area (TPSA) is 88.2 Å². The fraction of sp³-hybridized carbons (Fsp3) is 0.368. The zero-order valence-corrected chi connectivity index (χ0v) is 16.4. The van der Waals surface area contributed by atoms with Gasteiger partial charge in [0.15, 0.2) is 0 Å². The van der Waals surface area contributed by atoms with E-state index in [2.05, 4.69) is 15.0 Å². The Kier molecular flexibility index (Phi) is 6.50. The van der Waals surface area contributed by atoms with E-state index in [-0.39, 0.29) is 29.8 Å². The smallest absolute Gasteiger partial charge is 0.241 e. The maximum atomic E-state index is 12.6. The molecule has 6 nitrogen and oxygen atoms in total. The molecule has 26 heavy (non-hydrogen) atoms. The number of hydrogen-bond acceptors (Lipinski definition) is 4. The largest absolute Gasteiger partial charge is 0.350 e. The monoisotopic (exact) mass is 375 g/mol. The third-order valence-corrected chi connectivity index (χ3v) is 5.87. The first-order valence-corrected chi connectivity index (χ1v) is 9.96. The summed E-state index contributed by atoms with van der Waals surface area (Å²) in [5, 5.41) is 2.85. The van der Waals surface area contributed by atoms with E-state index in [0.29, 0.717) is 11.1 Å². The predicted octanol–water partition coefficient (Wildman–Crippen LogP) is 2.55. The van der Waals surface area contributed by atoms with Crippen LogP contribution in [-0.2, 0) is 14.8 Å². The number of carbonyl (C=O) groups excluding carboxylic acids is 1. The van der Waals surface area contributed by atoms with Gasteiger partial charge in [-0.1, -0.05) is 17.7 Å². The molecule has 2 aromatic rings. The molecule has 0 radical (unpaired) electrons. The predicted molar refractivity (Wildman–Crippen MR) is 101 cm³/mol. The minimum atomic E-state index is -3.65. The molecule has 0 aliphatic heterocycles. The molecule has 1 unspecified atom stereocenters. The highest BCUT2D eigenvalue weighted by Gasteiger charge is 2.20. The van der Waals surface area contributed by atoms with Crippen molar-refractivity contribution in [2.45, 2.75) is 45.1 Å². The highest BCUT2D eigenvalue weighted by atomic mass is 32.2. The average Bonchev–Trinajstić information content (AvgIpc) is 2.54. The van der Waals surface area contributed by atoms with Gasteiger partial charge in [0.05, 0.1) is 10.9 Å². The second kappa shape index (κ2) is 8.42. The van der Waals surface area contributed by atoms with Crippen molar-refractivity contribution < 1.29 is 13.2 Å². The van der Waals surface area contributed by atoms with Crippen LogP contribution in [-0.4, -0.2) is 25.9 Å². The molecule has 0 aliphatic rings. The van der Waals surface area contributed by atoms with E-state index in [0.717, 1.165) is 11.1 Å². The van der Waals surface area contributed by atoms with E-state index < -0.39 is 10.0 Å². The first-order chi connectivity index (χ1) is 12.2. The van der Waals surface area contributed by atoms with E-state index in [9.17, 15) is 13.2 Å². The van der Waals surface area contributed by atoms with Crippen molar-refractivity contribution in [3.05, 3.63) is 58.9 Å². The Morgan fingerprint density at radius 3 is 2.27 bits per heavy atom. The van der Waals surface area contributed by atoms with Gasteiger partial charge in [-0.15, -0.1) is 0 Å². The number of aryl methyl sites for hydroxylation is 3. The average molecular weight is 375 g/mol. The molecule has 7 heteroatoms. The third-order valence-electron chi connectivity index (χ3n) is 4.10. The Balaban J connectivity index is 1.93. The number of pyridine rings is 1. The summed E-state index contributed by atoms with van der Waals surface area (Å²) >= 11 is 0. The number of rotatable bonds is 7. The molecule has 1 atom stereocenters. The Morgan fingerprint density at radius 2 is 1.69 bits per heavy atom. The van der Waals surface area contributed by atoms with Crippen molar-refractivity contribution in [1.29, 1.82) is 0 Å². The van der Waals surface area contributed by atoms with Crippen LogP contribution >= 0.6 is 0 Å². The van der Waals surface area contributed by atoms with Gasteiger partial charge in [0.2, 0.25) is 15.9 Å². The van der Waals surface area contributed by atoms with Gasteiger partial charge in [-0.3, -0.25) is 9.78 Å². The molecule has 1 heterocycles. The van der Waals surface area contributed by atoms with Crippen molar-refractivity contribution in [2.24, 2.45) is 0 Å². The SMILES string of the molecule is Cc1cc(C)c(S(=O)(=O)NCCC(=O)NC(C)c2ccncc2)c(C)c1. The van der Waals surface area contributed by atoms with E-state index in [1.165, 1.54) is 0 Å². The zero-order chi connectivity index (χ0) is 19.3. The zero-order valence-electron chi connectivity index (χ0n) is 15.5. The van der Waals surface area contributed by atoms with Crippen molar-refractivity contribution in [1.82, 2.24) is 15.0 Å². The summed E-state index contributed by atoms with van der Waals surface area (Å²) in [7, 11) is -3.65. The van der Waals surface area contributed by atoms with E-state index >= 15 is 0 Å². The number of carbonyl (C=O) groups is 1. The number of aromatic nitrogens is 1. The Morgan fingerprint density at radius 1 is 1.12 bits per heavy atom. The lowest BCUT2D eigenvalue weighted by molar-refractivity contribution is -0.121. The van der Waals surface area contributed by atoms with Crippen LogP contribution in [0.25, 0.3) is 0 Å². The van der Waals surface area contributed by atoms with Crippen LogP contribution < -0.4 is 10.0 Å². The first-order valence-electron chi connectivity index (χ1n) is 8.47. The molecular formula is C19H25N3O3S. The molecule has 140 valence electrons. The maximum Gasteiger partial charge on any atom is 0.241 e. The molecule has 0 saturated carbocycles. The standard InChI is InChI=1S/C19H25N3O3S/c1-13-11-14(2)19(15(3)12-13)26(24,25)21-10-7-18(23)22-16(4)17-5-8-20-9-6-17/h5-6,8-9,11-12,16,21H,7,10H2,1-4H3,(H,22,23). The Labute approximate surface area is 155 Å². The molecule has 0 bridgehead atoms. The number of hydrogen-bond donors (Lipinski definition) is 2. The minimum absolute atomic E-state index is 0.0456. The molecule has 0 fully saturated rings. The van der Waals surface area contributed by atoms with Crippen molar-refractivity contribution in [3.8, 4) is 0 Å². The molecule has 0 saturated heterocycles. The van der Waals surface area contributed by atoms with Crippen LogP contribution in [0, 0.1) is 20.8 Å². The van der Waals surface area contributed by atoms with Crippen LogP contribution in [0.1, 0.15) is 41.6 Å². The van der Waals surface area contributed by atoms with Crippen LogP contribution in [0.15, 0.2) is 41.6 Å². The first kappa shape index (κ1) is 20.1. The summed E-state index contributed by atoms with van der Waals surface area (Å²) < 4.78 is 27.6. The van der Waals surface area contributed by atoms with E-state index in [1.54, 1.807) is 26.2 Å². The second-order valence-corrected chi connectivity index (χ2v) is 8.15. The lowest BCUT2D eigenvalue weighted by atomic mass is 10.1. The van der Waals surface area contributed by atoms with Gasteiger partial charge in [0.25, 0.3) is 0 Å². The van der Waals surface area contributed by atoms with Crippen molar-refractivity contribution in [2.75, 3.05) is 6.54 Å². The summed E-state index contributed by atoms with van der Waals surface area (Å²) in [5.41, 5.74) is 3.36. The van der Waals surface area contributed by atoms with Crippen LogP contribution in [0.2, 0.25) is 0 Å². The van der Waals surface area contributed by atoms with Gasteiger partial charge < -0.3 is 5.32 Å². The molecule has 1 aromatic carbocycles. The van der Waals surface area contributed by atoms with Crippen molar-refractivity contribution >= 4 is 15.9 Å². The summed E-state index contributed by atoms with van der Waals surface area (Å²) in [6.45, 7) is 7.40. The molecule has 2 rings (SSSR count). The van der Waals surface area contributed by atoms with Gasteiger partial charge in [-0.2, -0.15) is 0 Å². The number of benzene rings is 1. The third kappa shape index (κ3) is 5.12. The quantitative estimate of drug-likeness (QED) is 0.778. The van der Waals surface area contributed by atoms with Gasteiger partial charge >= 0.3 is 0 Å². The molecule has 0 spiro atoms. The fourth-order valence-electron chi connectivity index (χ4n) is 3.01. The number of nitrogens with zero attached hydrogens (tertiary/aromatic N) is 1. The van der Waals surface area contributed by atoms with Gasteiger partial charge in [0, 0.05) is 25.4 Å². The normalized spacial score (nSPS) is 12.6. The number of nitrogens with one attached hydrogen (secondary N) is 2. The number of sulfonamides is 1. The lowest BCUT2D eigenvalue weighted by Gasteiger charge is -2.15. The fourth-order valence-corrected chi connectivity index (χ4v) is 4.49. The van der Waals surface area contributed by atoms with E-state index in [1.807, 2.05) is 38.1 Å². The maximum absolute atomic E-state index is 12.6. The second-order valence-electron chi connectivity index (χ2n) is 6.45. The summed E-state index contributed by atoms with van der Waals surface area (Å²) in [4.78, 5) is 16.3. The van der Waals surface area contributed by atoms with E-state index in [4.69, 9.17) is 0 Å². The lowest BCUT2D eigenvalue weighted by Crippen LogP contribution is -2.32. The molecule has 1 amide bonds. The molecule has 0 aliphatic carbocycles. The van der Waals surface area contributed by atoms with Gasteiger partial charge in [0.1, 0.15) is 0 Å². The highest BCUT2D eigenvalue weighted by Crippen LogP contribution is 2.21. The van der Waals surface area contributed by atoms with Crippen LogP contribution in [0.5, 0.6) is 0 Å². The van der Waals surface area contributed by atoms with Crippen molar-refractivity contribution in [3.63, 3.8) is 0 Å². The summed E-state index contributed by atoms with van der Waals surface area (Å²) in [5.74, 6) is -0.214. The highest BCUT2D eigenvalue weighted by molar-refractivity contribution is 7.89. The van der Waals surface area contributed by atoms with Crippen LogP contribution in [0.4, 0.5) is 0 Å². The molecule has 2 N–H and O–H groups in total. The molecular weight excluding hydrogens is 350 g/mol. The molecule has 1 aromatic heterocycles. The Hall–Kier alpha value is -2.25. The Bertz CT molecular complexity index is 857. The van der Waals surface area contributed by atoms with Gasteiger partial charge in [-0.05, 0) is 56.5 Å². The summed E-state index contributed by atoms with van der Waals surface area (Å²) in [6.07, 6.45) is 3.40.